The van der Waals surface area contributed by atoms with Gasteiger partial charge >= 0.3 is 0 Å². The fourth-order valence-electron chi connectivity index (χ4n) is 4.02. The molecule has 196 valence electrons. The van der Waals surface area contributed by atoms with Crippen molar-refractivity contribution in [1.82, 2.24) is 29.9 Å². The first-order chi connectivity index (χ1) is 18.1. The van der Waals surface area contributed by atoms with Gasteiger partial charge in [-0.25, -0.2) is 4.98 Å². The van der Waals surface area contributed by atoms with E-state index in [-0.39, 0.29) is 11.2 Å². The van der Waals surface area contributed by atoms with Gasteiger partial charge in [-0.05, 0) is 47.3 Å². The Kier molecular flexibility index (Phi) is 9.91. The summed E-state index contributed by atoms with van der Waals surface area (Å²) in [6.45, 7) is 12.1. The number of aromatic nitrogens is 5. The highest BCUT2D eigenvalue weighted by Crippen LogP contribution is 2.25. The van der Waals surface area contributed by atoms with Crippen molar-refractivity contribution >= 4 is 28.7 Å². The molecule has 2 aromatic heterocycles. The molecule has 0 aliphatic carbocycles. The lowest BCUT2D eigenvalue weighted by Crippen LogP contribution is -2.44. The minimum Gasteiger partial charge on any atom is -0.369 e. The number of anilines is 3. The number of nitrogens with two attached hydrogens (primary N) is 1. The first-order valence-electron chi connectivity index (χ1n) is 12.8. The topological polar surface area (TPSA) is 118 Å². The highest BCUT2D eigenvalue weighted by molar-refractivity contribution is 6.03. The third-order valence-electron chi connectivity index (χ3n) is 5.87. The molecule has 4 aromatic rings. The maximum atomic E-state index is 12.3. The van der Waals surface area contributed by atoms with Crippen molar-refractivity contribution in [3.05, 3.63) is 71.5 Å². The van der Waals surface area contributed by atoms with Gasteiger partial charge in [0.15, 0.2) is 5.65 Å². The van der Waals surface area contributed by atoms with Crippen LogP contribution in [0.1, 0.15) is 49.4 Å². The minimum atomic E-state index is -0.648. The summed E-state index contributed by atoms with van der Waals surface area (Å²) in [5.41, 5.74) is 9.13. The van der Waals surface area contributed by atoms with Crippen molar-refractivity contribution in [3.63, 3.8) is 0 Å². The number of primary amides is 1. The van der Waals surface area contributed by atoms with E-state index in [9.17, 15) is 4.79 Å². The lowest BCUT2D eigenvalue weighted by atomic mass is 10.1. The van der Waals surface area contributed by atoms with Crippen LogP contribution in [-0.4, -0.2) is 69.1 Å². The fourth-order valence-corrected chi connectivity index (χ4v) is 4.02. The average molecular weight is 504 g/mol. The van der Waals surface area contributed by atoms with Crippen LogP contribution in [0.25, 0.3) is 5.65 Å². The molecule has 1 aliphatic rings. The van der Waals surface area contributed by atoms with Crippen molar-refractivity contribution in [1.29, 1.82) is 0 Å². The summed E-state index contributed by atoms with van der Waals surface area (Å²) in [4.78, 5) is 21.7. The molecule has 3 N–H and O–H groups in total. The van der Waals surface area contributed by atoms with E-state index < -0.39 is 5.91 Å². The lowest BCUT2D eigenvalue weighted by Gasteiger charge is -2.34. The number of rotatable bonds is 6. The van der Waals surface area contributed by atoms with Gasteiger partial charge in [0.05, 0.1) is 0 Å². The maximum absolute atomic E-state index is 12.3. The molecule has 1 fully saturated rings. The molecule has 0 atom stereocenters. The highest BCUT2D eigenvalue weighted by Gasteiger charge is 2.22. The van der Waals surface area contributed by atoms with Crippen LogP contribution in [0, 0.1) is 0 Å². The quantitative estimate of drug-likeness (QED) is 0.408. The number of hydrogen-bond acceptors (Lipinski definition) is 8. The van der Waals surface area contributed by atoms with Crippen molar-refractivity contribution < 1.29 is 4.79 Å². The Morgan fingerprint density at radius 3 is 2.22 bits per heavy atom. The summed E-state index contributed by atoms with van der Waals surface area (Å²) in [7, 11) is 2.14. The summed E-state index contributed by atoms with van der Waals surface area (Å²) in [6, 6.07) is 18.0. The highest BCUT2D eigenvalue weighted by atomic mass is 16.1. The molecule has 0 saturated carbocycles. The number of fused-ring (bicyclic) bond motifs is 1. The van der Waals surface area contributed by atoms with Crippen LogP contribution >= 0.6 is 0 Å². The number of carbonyl (C=O) groups is 1. The number of likely N-dealkylation sites (N-methyl/N-ethyl adjacent to an activating group) is 1. The molecule has 37 heavy (non-hydrogen) atoms. The summed E-state index contributed by atoms with van der Waals surface area (Å²) < 4.78 is 1.47. The summed E-state index contributed by atoms with van der Waals surface area (Å²) in [6.07, 6.45) is 0.498. The van der Waals surface area contributed by atoms with Gasteiger partial charge in [0, 0.05) is 44.0 Å². The van der Waals surface area contributed by atoms with E-state index in [0.29, 0.717) is 18.1 Å². The van der Waals surface area contributed by atoms with Gasteiger partial charge in [-0.1, -0.05) is 58.0 Å². The third-order valence-corrected chi connectivity index (χ3v) is 5.87. The first kappa shape index (κ1) is 27.5. The summed E-state index contributed by atoms with van der Waals surface area (Å²) in [5.74, 6) is 0.288. The minimum absolute atomic E-state index is 0.153. The zero-order valence-corrected chi connectivity index (χ0v) is 22.3. The SMILES string of the molecule is CC.CC.CN1CCN(c2ccc(Nc3nc(Cc4ccccc4)n4nnnc4c3C(N)=O)cc2)CC1. The van der Waals surface area contributed by atoms with Crippen LogP contribution < -0.4 is 16.0 Å². The van der Waals surface area contributed by atoms with Gasteiger partial charge in [-0.15, -0.1) is 5.10 Å². The number of carbonyl (C=O) groups excluding carboxylic acids is 1. The van der Waals surface area contributed by atoms with Gasteiger partial charge in [-0.2, -0.15) is 4.52 Å². The molecule has 3 heterocycles. The Balaban J connectivity index is 0.000000907. The zero-order chi connectivity index (χ0) is 26.8. The van der Waals surface area contributed by atoms with E-state index in [2.05, 4.69) is 49.8 Å². The number of hydrogen-bond donors (Lipinski definition) is 2. The molecule has 0 unspecified atom stereocenters. The van der Waals surface area contributed by atoms with Crippen LogP contribution in [0.2, 0.25) is 0 Å². The molecule has 5 rings (SSSR count). The lowest BCUT2D eigenvalue weighted by molar-refractivity contribution is 0.100. The first-order valence-corrected chi connectivity index (χ1v) is 12.8. The molecule has 1 amide bonds. The van der Waals surface area contributed by atoms with Crippen molar-refractivity contribution in [2.75, 3.05) is 43.4 Å². The van der Waals surface area contributed by atoms with E-state index in [1.807, 2.05) is 70.2 Å². The third kappa shape index (κ3) is 6.59. The normalized spacial score (nSPS) is 13.3. The number of piperazine rings is 1. The molecule has 0 bridgehead atoms. The van der Waals surface area contributed by atoms with Crippen LogP contribution in [0.3, 0.4) is 0 Å². The molecular formula is C27H37N9O. The van der Waals surface area contributed by atoms with Gasteiger partial charge in [0.25, 0.3) is 5.91 Å². The smallest absolute Gasteiger partial charge is 0.256 e. The van der Waals surface area contributed by atoms with Gasteiger partial charge in [-0.3, -0.25) is 4.79 Å². The molecule has 2 aromatic carbocycles. The van der Waals surface area contributed by atoms with E-state index >= 15 is 0 Å². The Morgan fingerprint density at radius 1 is 0.946 bits per heavy atom. The van der Waals surface area contributed by atoms with Crippen LogP contribution in [-0.2, 0) is 6.42 Å². The molecule has 1 aliphatic heterocycles. The number of nitrogens with zero attached hydrogens (tertiary/aromatic N) is 7. The molecule has 1 saturated heterocycles. The largest absolute Gasteiger partial charge is 0.369 e. The van der Waals surface area contributed by atoms with Gasteiger partial charge < -0.3 is 20.9 Å². The molecule has 0 radical (unpaired) electrons. The summed E-state index contributed by atoms with van der Waals surface area (Å²) in [5, 5.41) is 15.1. The number of tetrazole rings is 1. The van der Waals surface area contributed by atoms with Crippen molar-refractivity contribution in [2.45, 2.75) is 34.1 Å². The predicted octanol–water partition coefficient (Wildman–Crippen LogP) is 3.76. The van der Waals surface area contributed by atoms with Crippen LogP contribution in [0.5, 0.6) is 0 Å². The maximum Gasteiger partial charge on any atom is 0.256 e. The fraction of sp³-hybridized carbons (Fsp3) is 0.370. The molecule has 0 spiro atoms. The molecular weight excluding hydrogens is 466 g/mol. The Hall–Kier alpha value is -4.05. The monoisotopic (exact) mass is 503 g/mol. The van der Waals surface area contributed by atoms with Crippen molar-refractivity contribution in [2.24, 2.45) is 5.73 Å². The number of nitrogens with one attached hydrogen (secondary N) is 1. The van der Waals surface area contributed by atoms with E-state index in [1.165, 1.54) is 10.2 Å². The second-order valence-corrected chi connectivity index (χ2v) is 8.15. The average Bonchev–Trinajstić information content (AvgIpc) is 3.42. The Bertz CT molecular complexity index is 1260. The van der Waals surface area contributed by atoms with Crippen molar-refractivity contribution in [3.8, 4) is 0 Å². The van der Waals surface area contributed by atoms with E-state index in [1.54, 1.807) is 0 Å². The second kappa shape index (κ2) is 13.3. The number of benzene rings is 2. The molecule has 10 heteroatoms. The van der Waals surface area contributed by atoms with E-state index in [4.69, 9.17) is 10.7 Å². The standard InChI is InChI=1S/C23H25N9O.2C2H6/c1-30-11-13-31(14-12-30)18-9-7-17(8-10-18)25-22-20(21(24)33)23-27-28-29-32(23)19(26-22)15-16-5-3-2-4-6-16;2*1-2/h2-10,25H,11-15H2,1H3,(H2,24,33);2*1-2H3. The molecule has 10 nitrogen and oxygen atoms in total. The zero-order valence-electron chi connectivity index (χ0n) is 22.3. The van der Waals surface area contributed by atoms with E-state index in [0.717, 1.165) is 37.4 Å². The Labute approximate surface area is 218 Å². The Morgan fingerprint density at radius 2 is 1.59 bits per heavy atom. The van der Waals surface area contributed by atoms with Gasteiger partial charge in [0.1, 0.15) is 17.2 Å². The predicted molar refractivity (Wildman–Crippen MR) is 148 cm³/mol. The number of amides is 1. The van der Waals surface area contributed by atoms with Gasteiger partial charge in [0.2, 0.25) is 0 Å². The van der Waals surface area contributed by atoms with Crippen LogP contribution in [0.15, 0.2) is 54.6 Å². The van der Waals surface area contributed by atoms with Crippen LogP contribution in [0.4, 0.5) is 17.2 Å². The second-order valence-electron chi connectivity index (χ2n) is 8.15. The summed E-state index contributed by atoms with van der Waals surface area (Å²) >= 11 is 0.